The number of aromatic nitrogens is 2. The van der Waals surface area contributed by atoms with Crippen LogP contribution in [0.15, 0.2) is 10.7 Å². The summed E-state index contributed by atoms with van der Waals surface area (Å²) >= 11 is 3.30. The van der Waals surface area contributed by atoms with Gasteiger partial charge in [0.25, 0.3) is 5.91 Å². The largest absolute Gasteiger partial charge is 0.350 e. The summed E-state index contributed by atoms with van der Waals surface area (Å²) in [7, 11) is 1.79. The van der Waals surface area contributed by atoms with Crippen molar-refractivity contribution in [3.8, 4) is 0 Å². The number of hydrogen-bond acceptors (Lipinski definition) is 2. The van der Waals surface area contributed by atoms with Crippen molar-refractivity contribution in [1.29, 1.82) is 0 Å². The molecule has 0 bridgehead atoms. The molecule has 14 heavy (non-hydrogen) atoms. The van der Waals surface area contributed by atoms with E-state index >= 15 is 0 Å². The van der Waals surface area contributed by atoms with E-state index in [0.29, 0.717) is 11.6 Å². The van der Waals surface area contributed by atoms with Crippen molar-refractivity contribution in [2.24, 2.45) is 13.0 Å². The normalized spacial score (nSPS) is 15.6. The molecule has 0 saturated heterocycles. The fourth-order valence-corrected chi connectivity index (χ4v) is 1.81. The summed E-state index contributed by atoms with van der Waals surface area (Å²) in [5.74, 6) is 0.603. The van der Waals surface area contributed by atoms with E-state index in [1.165, 1.54) is 12.8 Å². The maximum Gasteiger partial charge on any atom is 0.272 e. The smallest absolute Gasteiger partial charge is 0.272 e. The Labute approximate surface area is 90.8 Å². The zero-order valence-corrected chi connectivity index (χ0v) is 9.54. The van der Waals surface area contributed by atoms with E-state index in [-0.39, 0.29) is 5.91 Å². The number of rotatable bonds is 3. The zero-order valence-electron chi connectivity index (χ0n) is 7.96. The molecule has 0 aromatic carbocycles. The Morgan fingerprint density at radius 3 is 3.00 bits per heavy atom. The van der Waals surface area contributed by atoms with Crippen LogP contribution in [0.25, 0.3) is 0 Å². The summed E-state index contributed by atoms with van der Waals surface area (Å²) in [5.41, 5.74) is 0.466. The Hall–Kier alpha value is -0.840. The predicted molar refractivity (Wildman–Crippen MR) is 56.0 cm³/mol. The monoisotopic (exact) mass is 257 g/mol. The van der Waals surface area contributed by atoms with Crippen LogP contribution in [0.5, 0.6) is 0 Å². The number of amides is 1. The van der Waals surface area contributed by atoms with Gasteiger partial charge in [-0.25, -0.2) is 0 Å². The first-order chi connectivity index (χ1) is 6.66. The van der Waals surface area contributed by atoms with Crippen LogP contribution < -0.4 is 5.32 Å². The highest BCUT2D eigenvalue weighted by Gasteiger charge is 2.23. The highest BCUT2D eigenvalue weighted by atomic mass is 79.9. The molecule has 0 spiro atoms. The molecule has 1 aliphatic rings. The van der Waals surface area contributed by atoms with Gasteiger partial charge < -0.3 is 5.32 Å². The zero-order chi connectivity index (χ0) is 10.1. The molecular weight excluding hydrogens is 246 g/mol. The molecule has 1 saturated carbocycles. The van der Waals surface area contributed by atoms with Crippen LogP contribution in [0.3, 0.4) is 0 Å². The number of carbonyl (C=O) groups is 1. The second kappa shape index (κ2) is 3.73. The minimum atomic E-state index is -0.0932. The van der Waals surface area contributed by atoms with Crippen molar-refractivity contribution in [3.05, 3.63) is 16.4 Å². The van der Waals surface area contributed by atoms with Gasteiger partial charge >= 0.3 is 0 Å². The molecule has 1 heterocycles. The van der Waals surface area contributed by atoms with Gasteiger partial charge in [-0.1, -0.05) is 0 Å². The third-order valence-electron chi connectivity index (χ3n) is 2.25. The second-order valence-corrected chi connectivity index (χ2v) is 4.51. The van der Waals surface area contributed by atoms with Crippen molar-refractivity contribution in [1.82, 2.24) is 15.1 Å². The summed E-state index contributed by atoms with van der Waals surface area (Å²) in [4.78, 5) is 11.6. The number of aryl methyl sites for hydroxylation is 1. The lowest BCUT2D eigenvalue weighted by atomic mass is 10.3. The van der Waals surface area contributed by atoms with Gasteiger partial charge in [0.1, 0.15) is 0 Å². The standard InChI is InChI=1S/C9H12BrN3O/c1-13-5-7(10)8(12-13)9(14)11-4-6-2-3-6/h5-6H,2-4H2,1H3,(H,11,14). The average Bonchev–Trinajstić information content (AvgIpc) is 2.88. The Bertz CT molecular complexity index is 357. The lowest BCUT2D eigenvalue weighted by Crippen LogP contribution is -2.26. The molecule has 1 fully saturated rings. The summed E-state index contributed by atoms with van der Waals surface area (Å²) in [6, 6.07) is 0. The average molecular weight is 258 g/mol. The third kappa shape index (κ3) is 2.15. The molecule has 0 radical (unpaired) electrons. The number of carbonyl (C=O) groups excluding carboxylic acids is 1. The first-order valence-corrected chi connectivity index (χ1v) is 5.43. The molecule has 1 amide bonds. The molecule has 5 heteroatoms. The van der Waals surface area contributed by atoms with Gasteiger partial charge in [-0.2, -0.15) is 5.10 Å². The van der Waals surface area contributed by atoms with Gasteiger partial charge in [0, 0.05) is 19.8 Å². The van der Waals surface area contributed by atoms with E-state index in [9.17, 15) is 4.79 Å². The van der Waals surface area contributed by atoms with Gasteiger partial charge in [-0.3, -0.25) is 9.48 Å². The van der Waals surface area contributed by atoms with Crippen molar-refractivity contribution in [2.75, 3.05) is 6.54 Å². The van der Waals surface area contributed by atoms with Gasteiger partial charge in [0.15, 0.2) is 5.69 Å². The van der Waals surface area contributed by atoms with E-state index in [2.05, 4.69) is 26.3 Å². The molecule has 1 aromatic rings. The molecule has 76 valence electrons. The molecule has 1 aliphatic carbocycles. The van der Waals surface area contributed by atoms with E-state index in [1.54, 1.807) is 17.9 Å². The van der Waals surface area contributed by atoms with Gasteiger partial charge in [-0.15, -0.1) is 0 Å². The first kappa shape index (κ1) is 9.71. The topological polar surface area (TPSA) is 46.9 Å². The Kier molecular flexibility index (Phi) is 2.58. The van der Waals surface area contributed by atoms with Crippen LogP contribution in [-0.2, 0) is 7.05 Å². The van der Waals surface area contributed by atoms with Crippen molar-refractivity contribution < 1.29 is 4.79 Å². The van der Waals surface area contributed by atoms with E-state index in [0.717, 1.165) is 11.0 Å². The molecule has 0 unspecified atom stereocenters. The Morgan fingerprint density at radius 1 is 1.79 bits per heavy atom. The molecule has 1 N–H and O–H groups in total. The minimum absolute atomic E-state index is 0.0932. The third-order valence-corrected chi connectivity index (χ3v) is 2.83. The number of nitrogens with one attached hydrogen (secondary N) is 1. The summed E-state index contributed by atoms with van der Waals surface area (Å²) < 4.78 is 2.36. The van der Waals surface area contributed by atoms with Crippen LogP contribution in [0.2, 0.25) is 0 Å². The maximum absolute atomic E-state index is 11.6. The quantitative estimate of drug-likeness (QED) is 0.888. The van der Waals surface area contributed by atoms with Crippen LogP contribution in [0, 0.1) is 5.92 Å². The fraction of sp³-hybridized carbons (Fsp3) is 0.556. The first-order valence-electron chi connectivity index (χ1n) is 4.64. The summed E-state index contributed by atoms with van der Waals surface area (Å²) in [5, 5.41) is 6.94. The Balaban J connectivity index is 1.98. The Morgan fingerprint density at radius 2 is 2.50 bits per heavy atom. The second-order valence-electron chi connectivity index (χ2n) is 3.65. The van der Waals surface area contributed by atoms with E-state index in [1.807, 2.05) is 0 Å². The molecular formula is C9H12BrN3O. The highest BCUT2D eigenvalue weighted by molar-refractivity contribution is 9.10. The SMILES string of the molecule is Cn1cc(Br)c(C(=O)NCC2CC2)n1. The number of hydrogen-bond donors (Lipinski definition) is 1. The number of nitrogens with zero attached hydrogens (tertiary/aromatic N) is 2. The van der Waals surface area contributed by atoms with Crippen LogP contribution in [0.1, 0.15) is 23.3 Å². The van der Waals surface area contributed by atoms with Crippen molar-refractivity contribution in [2.45, 2.75) is 12.8 Å². The molecule has 1 aromatic heterocycles. The fourth-order valence-electron chi connectivity index (χ4n) is 1.26. The van der Waals surface area contributed by atoms with Gasteiger partial charge in [0.2, 0.25) is 0 Å². The lowest BCUT2D eigenvalue weighted by Gasteiger charge is -2.00. The molecule has 0 aliphatic heterocycles. The summed E-state index contributed by atoms with van der Waals surface area (Å²) in [6.45, 7) is 0.780. The minimum Gasteiger partial charge on any atom is -0.350 e. The highest BCUT2D eigenvalue weighted by Crippen LogP contribution is 2.27. The maximum atomic E-state index is 11.6. The molecule has 0 atom stereocenters. The van der Waals surface area contributed by atoms with Crippen LogP contribution in [-0.4, -0.2) is 22.2 Å². The van der Waals surface area contributed by atoms with E-state index < -0.39 is 0 Å². The number of halogens is 1. The van der Waals surface area contributed by atoms with E-state index in [4.69, 9.17) is 0 Å². The lowest BCUT2D eigenvalue weighted by molar-refractivity contribution is 0.0945. The molecule has 4 nitrogen and oxygen atoms in total. The predicted octanol–water partition coefficient (Wildman–Crippen LogP) is 1.32. The van der Waals surface area contributed by atoms with Gasteiger partial charge in [0.05, 0.1) is 4.47 Å². The van der Waals surface area contributed by atoms with Gasteiger partial charge in [-0.05, 0) is 34.7 Å². The molecule has 2 rings (SSSR count). The van der Waals surface area contributed by atoms with Crippen LogP contribution in [0.4, 0.5) is 0 Å². The summed E-state index contributed by atoms with van der Waals surface area (Å²) in [6.07, 6.45) is 4.25. The van der Waals surface area contributed by atoms with Crippen molar-refractivity contribution in [3.63, 3.8) is 0 Å². The van der Waals surface area contributed by atoms with Crippen LogP contribution >= 0.6 is 15.9 Å². The van der Waals surface area contributed by atoms with Crippen molar-refractivity contribution >= 4 is 21.8 Å².